The minimum absolute atomic E-state index is 0.174. The quantitative estimate of drug-likeness (QED) is 0.855. The van der Waals surface area contributed by atoms with Gasteiger partial charge in [-0.15, -0.1) is 0 Å². The molecule has 25 heavy (non-hydrogen) atoms. The van der Waals surface area contributed by atoms with Crippen LogP contribution in [0.5, 0.6) is 0 Å². The molecule has 0 aliphatic carbocycles. The zero-order chi connectivity index (χ0) is 17.6. The highest BCUT2D eigenvalue weighted by molar-refractivity contribution is 6.20. The van der Waals surface area contributed by atoms with Crippen LogP contribution in [0.15, 0.2) is 24.3 Å². The summed E-state index contributed by atoms with van der Waals surface area (Å²) in [6, 6.07) is 7.23. The highest BCUT2D eigenvalue weighted by atomic mass is 16.2. The highest BCUT2D eigenvalue weighted by Crippen LogP contribution is 2.48. The summed E-state index contributed by atoms with van der Waals surface area (Å²) in [6.45, 7) is 3.22. The van der Waals surface area contributed by atoms with Crippen molar-refractivity contribution in [1.29, 1.82) is 0 Å². The van der Waals surface area contributed by atoms with Crippen LogP contribution in [0.2, 0.25) is 0 Å². The molecule has 1 spiro atoms. The maximum Gasteiger partial charge on any atom is 0.330 e. The van der Waals surface area contributed by atoms with E-state index in [1.165, 1.54) is 4.90 Å². The number of carbonyl (C=O) groups is 3. The van der Waals surface area contributed by atoms with Gasteiger partial charge < -0.3 is 4.90 Å². The maximum absolute atomic E-state index is 13.4. The van der Waals surface area contributed by atoms with Crippen LogP contribution in [0.1, 0.15) is 38.2 Å². The minimum Gasteiger partial charge on any atom is -0.367 e. The summed E-state index contributed by atoms with van der Waals surface area (Å²) in [5, 5.41) is 2.47. The first kappa shape index (κ1) is 16.1. The number of carbonyl (C=O) groups excluding carboxylic acids is 3. The van der Waals surface area contributed by atoms with Crippen LogP contribution in [-0.2, 0) is 16.0 Å². The lowest BCUT2D eigenvalue weighted by Gasteiger charge is -2.49. The Labute approximate surface area is 147 Å². The standard InChI is InChI=1S/C19H23N3O3/c1-2-3-10-22-17(24)19(16(23)20-18(22)25)12-13-7-4-5-8-14(13)21-11-6-9-15(19)21/h4-5,7-8,15H,2-3,6,9-12H2,1H3,(H,20,23,25)/t15-,19+/m1/s1. The molecule has 0 unspecified atom stereocenters. The normalized spacial score (nSPS) is 28.2. The van der Waals surface area contributed by atoms with Crippen molar-refractivity contribution in [2.45, 2.75) is 45.1 Å². The number of para-hydroxylation sites is 1. The average Bonchev–Trinajstić information content (AvgIpc) is 3.10. The Morgan fingerprint density at radius 3 is 2.84 bits per heavy atom. The summed E-state index contributed by atoms with van der Waals surface area (Å²) >= 11 is 0. The van der Waals surface area contributed by atoms with Crippen LogP contribution in [0.25, 0.3) is 0 Å². The molecule has 2 atom stereocenters. The first-order chi connectivity index (χ1) is 12.1. The number of nitrogens with zero attached hydrogens (tertiary/aromatic N) is 2. The molecule has 4 amide bonds. The molecule has 1 N–H and O–H groups in total. The zero-order valence-corrected chi connectivity index (χ0v) is 14.5. The van der Waals surface area contributed by atoms with Gasteiger partial charge in [0.25, 0.3) is 0 Å². The fourth-order valence-corrected chi connectivity index (χ4v) is 4.60. The van der Waals surface area contributed by atoms with Crippen molar-refractivity contribution < 1.29 is 14.4 Å². The number of fused-ring (bicyclic) bond motifs is 4. The largest absolute Gasteiger partial charge is 0.367 e. The number of hydrogen-bond acceptors (Lipinski definition) is 4. The predicted octanol–water partition coefficient (Wildman–Crippen LogP) is 2.08. The van der Waals surface area contributed by atoms with E-state index < -0.39 is 17.4 Å². The van der Waals surface area contributed by atoms with Crippen LogP contribution in [-0.4, -0.2) is 41.9 Å². The van der Waals surface area contributed by atoms with E-state index in [-0.39, 0.29) is 11.9 Å². The Bertz CT molecular complexity index is 747. The molecule has 2 fully saturated rings. The topological polar surface area (TPSA) is 69.7 Å². The zero-order valence-electron chi connectivity index (χ0n) is 14.5. The van der Waals surface area contributed by atoms with Crippen molar-refractivity contribution in [3.8, 4) is 0 Å². The fraction of sp³-hybridized carbons (Fsp3) is 0.526. The molecular formula is C19H23N3O3. The molecule has 132 valence electrons. The van der Waals surface area contributed by atoms with Gasteiger partial charge in [-0.1, -0.05) is 31.5 Å². The molecule has 0 radical (unpaired) electrons. The van der Waals surface area contributed by atoms with Gasteiger partial charge in [-0.2, -0.15) is 0 Å². The van der Waals surface area contributed by atoms with E-state index in [1.807, 2.05) is 25.1 Å². The van der Waals surface area contributed by atoms with Gasteiger partial charge in [0, 0.05) is 18.8 Å². The van der Waals surface area contributed by atoms with E-state index in [4.69, 9.17) is 0 Å². The lowest BCUT2D eigenvalue weighted by Crippen LogP contribution is -2.71. The number of amides is 4. The van der Waals surface area contributed by atoms with E-state index in [9.17, 15) is 14.4 Å². The van der Waals surface area contributed by atoms with Gasteiger partial charge in [-0.25, -0.2) is 4.79 Å². The first-order valence-corrected chi connectivity index (χ1v) is 9.11. The van der Waals surface area contributed by atoms with Gasteiger partial charge in [-0.3, -0.25) is 19.8 Å². The Morgan fingerprint density at radius 1 is 1.24 bits per heavy atom. The molecule has 1 aromatic rings. The van der Waals surface area contributed by atoms with Crippen LogP contribution in [0.4, 0.5) is 10.5 Å². The molecule has 0 bridgehead atoms. The van der Waals surface area contributed by atoms with E-state index in [0.717, 1.165) is 43.5 Å². The van der Waals surface area contributed by atoms with Crippen LogP contribution in [0, 0.1) is 5.41 Å². The number of anilines is 1. The molecule has 6 nitrogen and oxygen atoms in total. The van der Waals surface area contributed by atoms with Crippen LogP contribution in [0.3, 0.4) is 0 Å². The van der Waals surface area contributed by atoms with Crippen LogP contribution < -0.4 is 10.2 Å². The van der Waals surface area contributed by atoms with Crippen molar-refractivity contribution in [3.05, 3.63) is 29.8 Å². The van der Waals surface area contributed by atoms with Crippen LogP contribution >= 0.6 is 0 Å². The summed E-state index contributed by atoms with van der Waals surface area (Å²) in [5.41, 5.74) is 0.939. The van der Waals surface area contributed by atoms with Gasteiger partial charge in [-0.05, 0) is 37.3 Å². The van der Waals surface area contributed by atoms with Gasteiger partial charge in [0.2, 0.25) is 11.8 Å². The second-order valence-corrected chi connectivity index (χ2v) is 7.20. The van der Waals surface area contributed by atoms with Crippen molar-refractivity contribution in [2.75, 3.05) is 18.0 Å². The van der Waals surface area contributed by atoms with Crippen molar-refractivity contribution in [3.63, 3.8) is 0 Å². The third kappa shape index (κ3) is 2.19. The Morgan fingerprint density at radius 2 is 2.04 bits per heavy atom. The van der Waals surface area contributed by atoms with E-state index in [2.05, 4.69) is 16.3 Å². The number of benzene rings is 1. The Hall–Kier alpha value is -2.37. The molecule has 2 saturated heterocycles. The summed E-state index contributed by atoms with van der Waals surface area (Å²) in [5.74, 6) is -0.747. The summed E-state index contributed by atoms with van der Waals surface area (Å²) in [6.07, 6.45) is 3.74. The van der Waals surface area contributed by atoms with Gasteiger partial charge >= 0.3 is 6.03 Å². The predicted molar refractivity (Wildman–Crippen MR) is 93.1 cm³/mol. The number of unbranched alkanes of at least 4 members (excludes halogenated alkanes) is 1. The Balaban J connectivity index is 1.80. The lowest BCUT2D eigenvalue weighted by molar-refractivity contribution is -0.153. The maximum atomic E-state index is 13.4. The smallest absolute Gasteiger partial charge is 0.330 e. The third-order valence-electron chi connectivity index (χ3n) is 5.82. The molecule has 0 aromatic heterocycles. The minimum atomic E-state index is -1.19. The van der Waals surface area contributed by atoms with E-state index in [0.29, 0.717) is 13.0 Å². The Kier molecular flexibility index (Phi) is 3.78. The molecule has 1 aromatic carbocycles. The van der Waals surface area contributed by atoms with E-state index >= 15 is 0 Å². The molecule has 3 aliphatic rings. The number of urea groups is 1. The first-order valence-electron chi connectivity index (χ1n) is 9.11. The van der Waals surface area contributed by atoms with Gasteiger partial charge in [0.1, 0.15) is 0 Å². The lowest BCUT2D eigenvalue weighted by atomic mass is 9.68. The number of hydrogen-bond donors (Lipinski definition) is 1. The molecular weight excluding hydrogens is 318 g/mol. The summed E-state index contributed by atoms with van der Waals surface area (Å²) in [4.78, 5) is 42.1. The SMILES string of the molecule is CCCCN1C(=O)NC(=O)[C@@]2(Cc3ccccc3N3CCC[C@@H]32)C1=O. The molecule has 4 rings (SSSR count). The number of imide groups is 2. The van der Waals surface area contributed by atoms with Crippen molar-refractivity contribution in [1.82, 2.24) is 10.2 Å². The van der Waals surface area contributed by atoms with Gasteiger partial charge in [0.15, 0.2) is 5.41 Å². The van der Waals surface area contributed by atoms with Gasteiger partial charge in [0.05, 0.1) is 6.04 Å². The monoisotopic (exact) mass is 341 g/mol. The second kappa shape index (κ2) is 5.86. The third-order valence-corrected chi connectivity index (χ3v) is 5.82. The summed E-state index contributed by atoms with van der Waals surface area (Å²) in [7, 11) is 0. The number of rotatable bonds is 3. The average molecular weight is 341 g/mol. The summed E-state index contributed by atoms with van der Waals surface area (Å²) < 4.78 is 0. The van der Waals surface area contributed by atoms with E-state index in [1.54, 1.807) is 0 Å². The molecule has 6 heteroatoms. The highest BCUT2D eigenvalue weighted by Gasteiger charge is 2.62. The van der Waals surface area contributed by atoms with Crippen molar-refractivity contribution >= 4 is 23.5 Å². The molecule has 3 heterocycles. The van der Waals surface area contributed by atoms with Crippen molar-refractivity contribution in [2.24, 2.45) is 5.41 Å². The fourth-order valence-electron chi connectivity index (χ4n) is 4.60. The second-order valence-electron chi connectivity index (χ2n) is 7.20. The number of barbiturate groups is 1. The number of nitrogens with one attached hydrogen (secondary N) is 1. The molecule has 0 saturated carbocycles. The molecule has 3 aliphatic heterocycles.